The second-order valence-corrected chi connectivity index (χ2v) is 7.61. The number of rotatable bonds is 4. The van der Waals surface area contributed by atoms with Crippen LogP contribution < -0.4 is 0 Å². The third kappa shape index (κ3) is 3.20. The zero-order valence-electron chi connectivity index (χ0n) is 13.9. The molecule has 2 fully saturated rings. The molecule has 1 aliphatic carbocycles. The number of nitrogens with zero attached hydrogens (tertiary/aromatic N) is 3. The minimum absolute atomic E-state index is 0.153. The van der Waals surface area contributed by atoms with Gasteiger partial charge in [-0.25, -0.2) is 0 Å². The minimum atomic E-state index is 0.153. The Bertz CT molecular complexity index is 757. The molecule has 4 nitrogen and oxygen atoms in total. The maximum absolute atomic E-state index is 12.8. The standard InChI is InChI=1S/C19H22ClN3O/c1-22-11-14(10-21-22)7-13-5-6-23(12-13)19(24)18-9-17(18)15-3-2-4-16(20)8-15/h2-4,8,10-11,13,17-18H,5-7,9,12H2,1H3/t13-,17+,18+/m0/s1. The van der Waals surface area contributed by atoms with Gasteiger partial charge < -0.3 is 4.90 Å². The molecule has 1 amide bonds. The van der Waals surface area contributed by atoms with Crippen molar-refractivity contribution in [2.75, 3.05) is 13.1 Å². The Kier molecular flexibility index (Phi) is 4.09. The number of aryl methyl sites for hydroxylation is 1. The van der Waals surface area contributed by atoms with Crippen LogP contribution in [0.5, 0.6) is 0 Å². The molecule has 2 aliphatic rings. The van der Waals surface area contributed by atoms with Crippen LogP contribution in [-0.4, -0.2) is 33.7 Å². The van der Waals surface area contributed by atoms with Gasteiger partial charge in [0, 0.05) is 37.3 Å². The van der Waals surface area contributed by atoms with Crippen LogP contribution in [0.1, 0.15) is 29.9 Å². The Hall–Kier alpha value is -1.81. The van der Waals surface area contributed by atoms with E-state index >= 15 is 0 Å². The van der Waals surface area contributed by atoms with Crippen molar-refractivity contribution < 1.29 is 4.79 Å². The smallest absolute Gasteiger partial charge is 0.226 e. The molecule has 1 saturated carbocycles. The summed E-state index contributed by atoms with van der Waals surface area (Å²) in [5.74, 6) is 1.39. The lowest BCUT2D eigenvalue weighted by atomic mass is 10.0. The lowest BCUT2D eigenvalue weighted by Crippen LogP contribution is -2.30. The quantitative estimate of drug-likeness (QED) is 0.854. The molecule has 4 rings (SSSR count). The SMILES string of the molecule is Cn1cc(C[C@@H]2CCN(C(=O)[C@@H]3C[C@@H]3c3cccc(Cl)c3)C2)cn1. The highest BCUT2D eigenvalue weighted by Gasteiger charge is 2.46. The molecular weight excluding hydrogens is 322 g/mol. The highest BCUT2D eigenvalue weighted by atomic mass is 35.5. The highest BCUT2D eigenvalue weighted by molar-refractivity contribution is 6.30. The van der Waals surface area contributed by atoms with Crippen molar-refractivity contribution in [2.24, 2.45) is 18.9 Å². The molecule has 0 spiro atoms. The van der Waals surface area contributed by atoms with E-state index in [1.165, 1.54) is 11.1 Å². The Morgan fingerprint density at radius 2 is 2.29 bits per heavy atom. The second kappa shape index (κ2) is 6.25. The van der Waals surface area contributed by atoms with Gasteiger partial charge in [-0.05, 0) is 54.4 Å². The van der Waals surface area contributed by atoms with Crippen molar-refractivity contribution in [3.63, 3.8) is 0 Å². The van der Waals surface area contributed by atoms with Crippen molar-refractivity contribution in [2.45, 2.75) is 25.2 Å². The van der Waals surface area contributed by atoms with Crippen molar-refractivity contribution in [3.8, 4) is 0 Å². The average Bonchev–Trinajstić information content (AvgIpc) is 3.06. The van der Waals surface area contributed by atoms with Crippen molar-refractivity contribution >= 4 is 17.5 Å². The van der Waals surface area contributed by atoms with Gasteiger partial charge in [-0.1, -0.05) is 23.7 Å². The molecule has 1 aromatic heterocycles. The van der Waals surface area contributed by atoms with Crippen molar-refractivity contribution in [1.29, 1.82) is 0 Å². The summed E-state index contributed by atoms with van der Waals surface area (Å²) in [5.41, 5.74) is 2.46. The zero-order chi connectivity index (χ0) is 16.7. The number of carbonyl (C=O) groups excluding carboxylic acids is 1. The summed E-state index contributed by atoms with van der Waals surface area (Å²) >= 11 is 6.07. The summed E-state index contributed by atoms with van der Waals surface area (Å²) in [6.07, 6.45) is 7.07. The summed E-state index contributed by atoms with van der Waals surface area (Å²) in [4.78, 5) is 14.8. The van der Waals surface area contributed by atoms with Crippen LogP contribution in [0.4, 0.5) is 0 Å². The first-order valence-electron chi connectivity index (χ1n) is 8.62. The lowest BCUT2D eigenvalue weighted by Gasteiger charge is -2.16. The Balaban J connectivity index is 1.33. The van der Waals surface area contributed by atoms with E-state index in [4.69, 9.17) is 11.6 Å². The van der Waals surface area contributed by atoms with E-state index in [1.54, 1.807) is 0 Å². The van der Waals surface area contributed by atoms with Crippen LogP contribution in [0, 0.1) is 11.8 Å². The zero-order valence-corrected chi connectivity index (χ0v) is 14.6. The molecule has 0 unspecified atom stereocenters. The summed E-state index contributed by atoms with van der Waals surface area (Å²) in [6.45, 7) is 1.77. The molecule has 1 saturated heterocycles. The van der Waals surface area contributed by atoms with Crippen LogP contribution in [0.3, 0.4) is 0 Å². The lowest BCUT2D eigenvalue weighted by molar-refractivity contribution is -0.131. The van der Waals surface area contributed by atoms with Crippen LogP contribution in [0.2, 0.25) is 5.02 Å². The monoisotopic (exact) mass is 343 g/mol. The van der Waals surface area contributed by atoms with Gasteiger partial charge in [0.15, 0.2) is 0 Å². The van der Waals surface area contributed by atoms with Crippen LogP contribution in [-0.2, 0) is 18.3 Å². The van der Waals surface area contributed by atoms with Crippen LogP contribution >= 0.6 is 11.6 Å². The Morgan fingerprint density at radius 1 is 1.42 bits per heavy atom. The summed E-state index contributed by atoms with van der Waals surface area (Å²) in [7, 11) is 1.94. The van der Waals surface area contributed by atoms with Gasteiger partial charge >= 0.3 is 0 Å². The number of halogens is 1. The molecule has 0 radical (unpaired) electrons. The predicted molar refractivity (Wildman–Crippen MR) is 93.9 cm³/mol. The third-order valence-corrected chi connectivity index (χ3v) is 5.50. The second-order valence-electron chi connectivity index (χ2n) is 7.17. The maximum atomic E-state index is 12.8. The van der Waals surface area contributed by atoms with E-state index < -0.39 is 0 Å². The first-order chi connectivity index (χ1) is 11.6. The maximum Gasteiger partial charge on any atom is 0.226 e. The topological polar surface area (TPSA) is 38.1 Å². The average molecular weight is 344 g/mol. The van der Waals surface area contributed by atoms with E-state index in [0.29, 0.717) is 17.7 Å². The van der Waals surface area contributed by atoms with E-state index in [1.807, 2.05) is 36.1 Å². The number of benzene rings is 1. The number of aromatic nitrogens is 2. The molecule has 1 aliphatic heterocycles. The number of likely N-dealkylation sites (tertiary alicyclic amines) is 1. The van der Waals surface area contributed by atoms with Gasteiger partial charge in [-0.15, -0.1) is 0 Å². The molecule has 5 heteroatoms. The molecule has 24 heavy (non-hydrogen) atoms. The number of carbonyl (C=O) groups is 1. The molecule has 0 N–H and O–H groups in total. The minimum Gasteiger partial charge on any atom is -0.342 e. The summed E-state index contributed by atoms with van der Waals surface area (Å²) in [6, 6.07) is 7.93. The molecule has 126 valence electrons. The Labute approximate surface area is 147 Å². The molecule has 2 heterocycles. The highest BCUT2D eigenvalue weighted by Crippen LogP contribution is 2.49. The molecule has 2 aromatic rings. The number of hydrogen-bond acceptors (Lipinski definition) is 2. The van der Waals surface area contributed by atoms with Crippen LogP contribution in [0.15, 0.2) is 36.7 Å². The summed E-state index contributed by atoms with van der Waals surface area (Å²) in [5, 5.41) is 4.98. The van der Waals surface area contributed by atoms with E-state index in [9.17, 15) is 4.79 Å². The Morgan fingerprint density at radius 3 is 3.04 bits per heavy atom. The predicted octanol–water partition coefficient (Wildman–Crippen LogP) is 3.27. The fourth-order valence-electron chi connectivity index (χ4n) is 3.92. The largest absolute Gasteiger partial charge is 0.342 e. The number of amides is 1. The normalized spacial score (nSPS) is 25.9. The fourth-order valence-corrected chi connectivity index (χ4v) is 4.12. The molecule has 0 bridgehead atoms. The van der Waals surface area contributed by atoms with E-state index in [0.717, 1.165) is 37.4 Å². The van der Waals surface area contributed by atoms with Gasteiger partial charge in [-0.3, -0.25) is 9.48 Å². The van der Waals surface area contributed by atoms with Crippen LogP contribution in [0.25, 0.3) is 0 Å². The van der Waals surface area contributed by atoms with Crippen molar-refractivity contribution in [1.82, 2.24) is 14.7 Å². The van der Waals surface area contributed by atoms with Gasteiger partial charge in [0.05, 0.1) is 6.20 Å². The third-order valence-electron chi connectivity index (χ3n) is 5.26. The first-order valence-corrected chi connectivity index (χ1v) is 8.99. The van der Waals surface area contributed by atoms with Gasteiger partial charge in [0.25, 0.3) is 0 Å². The van der Waals surface area contributed by atoms with Gasteiger partial charge in [0.1, 0.15) is 0 Å². The molecular formula is C19H22ClN3O. The first kappa shape index (κ1) is 15.7. The fraction of sp³-hybridized carbons (Fsp3) is 0.474. The van der Waals surface area contributed by atoms with Gasteiger partial charge in [0.2, 0.25) is 5.91 Å². The van der Waals surface area contributed by atoms with E-state index in [2.05, 4.69) is 22.3 Å². The number of hydrogen-bond donors (Lipinski definition) is 0. The van der Waals surface area contributed by atoms with Crippen molar-refractivity contribution in [3.05, 3.63) is 52.8 Å². The molecule has 3 atom stereocenters. The van der Waals surface area contributed by atoms with E-state index in [-0.39, 0.29) is 5.92 Å². The summed E-state index contributed by atoms with van der Waals surface area (Å²) < 4.78 is 1.84. The van der Waals surface area contributed by atoms with Gasteiger partial charge in [-0.2, -0.15) is 5.10 Å². The molecule has 1 aromatic carbocycles.